The molecule has 0 aromatic carbocycles. The second-order valence-corrected chi connectivity index (χ2v) is 17.5. The quantitative estimate of drug-likeness (QED) is 0.0214. The van der Waals surface area contributed by atoms with Crippen LogP contribution in [0.25, 0.3) is 0 Å². The number of carbonyl (C=O) groups excluding carboxylic acids is 2. The molecule has 0 aliphatic rings. The van der Waals surface area contributed by atoms with Crippen LogP contribution in [0.5, 0.6) is 0 Å². The van der Waals surface area contributed by atoms with Gasteiger partial charge >= 0.3 is 19.8 Å². The summed E-state index contributed by atoms with van der Waals surface area (Å²) in [6.45, 7) is 4.22. The maximum absolute atomic E-state index is 12.7. The van der Waals surface area contributed by atoms with Crippen molar-refractivity contribution in [3.05, 3.63) is 72.9 Å². The SMILES string of the molecule is CC/C=C\C/C=C\C/C=C\C/C=C\C/C=C\C/C=C\CCC(=O)O[C@@H](COC(=O)CCCCCCCCCCCCCCCCC)COP(=O)(O)OCC[N+](C)(C)C. The fraction of sp³-hybridized carbons (Fsp3) is 0.708. The van der Waals surface area contributed by atoms with Gasteiger partial charge in [-0.05, 0) is 51.4 Å². The van der Waals surface area contributed by atoms with Crippen molar-refractivity contribution >= 4 is 19.8 Å². The summed E-state index contributed by atoms with van der Waals surface area (Å²) in [5.41, 5.74) is 0. The van der Waals surface area contributed by atoms with Crippen molar-refractivity contribution in [3.63, 3.8) is 0 Å². The third-order valence-electron chi connectivity index (χ3n) is 9.26. The summed E-state index contributed by atoms with van der Waals surface area (Å²) in [5.74, 6) is -0.898. The Bertz CT molecular complexity index is 1220. The van der Waals surface area contributed by atoms with Crippen LogP contribution in [0.15, 0.2) is 72.9 Å². The lowest BCUT2D eigenvalue weighted by atomic mass is 10.0. The Balaban J connectivity index is 4.48. The van der Waals surface area contributed by atoms with Gasteiger partial charge in [-0.2, -0.15) is 0 Å². The van der Waals surface area contributed by atoms with Crippen molar-refractivity contribution in [2.45, 2.75) is 174 Å². The number of hydrogen-bond donors (Lipinski definition) is 1. The largest absolute Gasteiger partial charge is 0.472 e. The van der Waals surface area contributed by atoms with Gasteiger partial charge in [0.25, 0.3) is 0 Å². The average Bonchev–Trinajstić information content (AvgIpc) is 3.17. The van der Waals surface area contributed by atoms with Crippen LogP contribution in [-0.4, -0.2) is 74.9 Å². The van der Waals surface area contributed by atoms with Crippen LogP contribution in [0.1, 0.15) is 168 Å². The van der Waals surface area contributed by atoms with Gasteiger partial charge in [-0.15, -0.1) is 0 Å². The second-order valence-electron chi connectivity index (χ2n) is 16.1. The highest BCUT2D eigenvalue weighted by Gasteiger charge is 2.27. The van der Waals surface area contributed by atoms with E-state index in [1.165, 1.54) is 77.0 Å². The lowest BCUT2D eigenvalue weighted by Crippen LogP contribution is -2.37. The van der Waals surface area contributed by atoms with Gasteiger partial charge in [-0.3, -0.25) is 18.6 Å². The highest BCUT2D eigenvalue weighted by Crippen LogP contribution is 2.43. The standard InChI is InChI=1S/C48H84NO8P/c1-6-8-10-12-14-16-18-20-22-23-24-25-27-29-31-33-35-37-39-41-48(51)57-46(45-56-58(52,53)55-43-42-49(3,4)5)44-54-47(50)40-38-36-34-32-30-28-26-21-19-17-15-13-11-9-7-2/h8,10,14,16,20,22,24-25,29,31,35,37,46H,6-7,9,11-13,15,17-19,21,23,26-28,30,32-34,36,38-45H2,1-5H3/p+1/b10-8-,16-14-,22-20-,25-24-,31-29-,37-35-/t46-/m0/s1. The van der Waals surface area contributed by atoms with E-state index >= 15 is 0 Å². The Morgan fingerprint density at radius 3 is 1.43 bits per heavy atom. The van der Waals surface area contributed by atoms with E-state index in [0.29, 0.717) is 17.4 Å². The van der Waals surface area contributed by atoms with Crippen LogP contribution >= 0.6 is 7.82 Å². The number of rotatable bonds is 40. The van der Waals surface area contributed by atoms with Crippen molar-refractivity contribution in [2.24, 2.45) is 0 Å². The fourth-order valence-electron chi connectivity index (χ4n) is 5.75. The average molecular weight is 835 g/mol. The van der Waals surface area contributed by atoms with Crippen molar-refractivity contribution in [1.29, 1.82) is 0 Å². The van der Waals surface area contributed by atoms with Gasteiger partial charge < -0.3 is 18.9 Å². The monoisotopic (exact) mass is 835 g/mol. The van der Waals surface area contributed by atoms with Crippen LogP contribution in [0, 0.1) is 0 Å². The van der Waals surface area contributed by atoms with Crippen LogP contribution in [-0.2, 0) is 32.7 Å². The Labute approximate surface area is 355 Å². The Kier molecular flexibility index (Phi) is 38.1. The summed E-state index contributed by atoms with van der Waals surface area (Å²) in [7, 11) is 1.42. The normalized spacial score (nSPS) is 14.2. The molecule has 0 heterocycles. The van der Waals surface area contributed by atoms with Crippen molar-refractivity contribution in [1.82, 2.24) is 0 Å². The fourth-order valence-corrected chi connectivity index (χ4v) is 6.49. The summed E-state index contributed by atoms with van der Waals surface area (Å²) in [4.78, 5) is 35.4. The number of phosphoric ester groups is 1. The Morgan fingerprint density at radius 2 is 0.983 bits per heavy atom. The summed E-state index contributed by atoms with van der Waals surface area (Å²) in [6.07, 6.45) is 49.6. The number of nitrogens with zero attached hydrogens (tertiary/aromatic N) is 1. The molecular weight excluding hydrogens is 750 g/mol. The van der Waals surface area contributed by atoms with Gasteiger partial charge in [0.2, 0.25) is 0 Å². The molecule has 0 aliphatic heterocycles. The highest BCUT2D eigenvalue weighted by atomic mass is 31.2. The number of carbonyl (C=O) groups is 2. The zero-order chi connectivity index (χ0) is 42.8. The summed E-state index contributed by atoms with van der Waals surface area (Å²) >= 11 is 0. The molecule has 0 spiro atoms. The minimum atomic E-state index is -4.40. The first kappa shape index (κ1) is 55.5. The number of hydrogen-bond acceptors (Lipinski definition) is 7. The number of unbranched alkanes of at least 4 members (excludes halogenated alkanes) is 14. The second kappa shape index (κ2) is 39.9. The number of likely N-dealkylation sites (N-methyl/N-ethyl adjacent to an activating group) is 1. The predicted octanol–water partition coefficient (Wildman–Crippen LogP) is 13.0. The zero-order valence-electron chi connectivity index (χ0n) is 37.5. The van der Waals surface area contributed by atoms with Gasteiger partial charge in [0.15, 0.2) is 6.10 Å². The first-order valence-corrected chi connectivity index (χ1v) is 24.2. The maximum Gasteiger partial charge on any atom is 0.472 e. The predicted molar refractivity (Wildman–Crippen MR) is 242 cm³/mol. The lowest BCUT2D eigenvalue weighted by molar-refractivity contribution is -0.870. The number of allylic oxidation sites excluding steroid dienone is 12. The van der Waals surface area contributed by atoms with Crippen LogP contribution in [0.3, 0.4) is 0 Å². The number of esters is 2. The molecule has 0 fully saturated rings. The smallest absolute Gasteiger partial charge is 0.462 e. The van der Waals surface area contributed by atoms with Crippen LogP contribution in [0.4, 0.5) is 0 Å². The molecule has 1 N–H and O–H groups in total. The minimum absolute atomic E-state index is 0.0158. The zero-order valence-corrected chi connectivity index (χ0v) is 38.4. The molecule has 0 rings (SSSR count). The molecule has 0 aliphatic carbocycles. The molecule has 0 amide bonds. The van der Waals surface area contributed by atoms with Crippen molar-refractivity contribution < 1.29 is 42.1 Å². The van der Waals surface area contributed by atoms with Crippen molar-refractivity contribution in [3.8, 4) is 0 Å². The maximum atomic E-state index is 12.7. The Morgan fingerprint density at radius 1 is 0.552 bits per heavy atom. The van der Waals surface area contributed by atoms with Gasteiger partial charge in [0.05, 0.1) is 27.7 Å². The molecule has 0 aromatic rings. The number of ether oxygens (including phenoxy) is 2. The summed E-state index contributed by atoms with van der Waals surface area (Å²) < 4.78 is 34.2. The number of quaternary nitrogens is 1. The van der Waals surface area contributed by atoms with E-state index in [-0.39, 0.29) is 32.0 Å². The first-order valence-electron chi connectivity index (χ1n) is 22.7. The molecule has 58 heavy (non-hydrogen) atoms. The van der Waals surface area contributed by atoms with E-state index in [1.54, 1.807) is 0 Å². The topological polar surface area (TPSA) is 108 Å². The van der Waals surface area contributed by atoms with E-state index in [9.17, 15) is 19.0 Å². The molecule has 0 saturated carbocycles. The first-order chi connectivity index (χ1) is 28.0. The molecular formula is C48H85NO8P+. The molecule has 0 saturated heterocycles. The molecule has 10 heteroatoms. The third-order valence-corrected chi connectivity index (χ3v) is 10.2. The van der Waals surface area contributed by atoms with Gasteiger partial charge in [0.1, 0.15) is 19.8 Å². The number of phosphoric acid groups is 1. The minimum Gasteiger partial charge on any atom is -0.462 e. The van der Waals surface area contributed by atoms with Gasteiger partial charge in [-0.1, -0.05) is 177 Å². The molecule has 334 valence electrons. The van der Waals surface area contributed by atoms with E-state index in [4.69, 9.17) is 18.5 Å². The summed E-state index contributed by atoms with van der Waals surface area (Å²) in [5, 5.41) is 0. The van der Waals surface area contributed by atoms with Crippen LogP contribution < -0.4 is 0 Å². The highest BCUT2D eigenvalue weighted by molar-refractivity contribution is 7.47. The van der Waals surface area contributed by atoms with E-state index in [0.717, 1.165) is 57.8 Å². The van der Waals surface area contributed by atoms with Gasteiger partial charge in [-0.25, -0.2) is 4.57 Å². The molecule has 1 unspecified atom stereocenters. The van der Waals surface area contributed by atoms with E-state index < -0.39 is 26.5 Å². The molecule has 0 aromatic heterocycles. The Hall–Kier alpha value is -2.55. The van der Waals surface area contributed by atoms with E-state index in [2.05, 4.69) is 74.6 Å². The molecule has 0 bridgehead atoms. The molecule has 9 nitrogen and oxygen atoms in total. The van der Waals surface area contributed by atoms with Gasteiger partial charge in [0, 0.05) is 12.8 Å². The molecule has 0 radical (unpaired) electrons. The molecule has 2 atom stereocenters. The third kappa shape index (κ3) is 43.0. The van der Waals surface area contributed by atoms with Crippen LogP contribution in [0.2, 0.25) is 0 Å². The van der Waals surface area contributed by atoms with Crippen molar-refractivity contribution in [2.75, 3.05) is 47.5 Å². The lowest BCUT2D eigenvalue weighted by Gasteiger charge is -2.24. The van der Waals surface area contributed by atoms with E-state index in [1.807, 2.05) is 33.3 Å². The summed E-state index contributed by atoms with van der Waals surface area (Å²) in [6, 6.07) is 0.